The molecule has 0 radical (unpaired) electrons. The molecule has 0 aliphatic carbocycles. The summed E-state index contributed by atoms with van der Waals surface area (Å²) in [7, 11) is -4.02. The van der Waals surface area contributed by atoms with Crippen molar-refractivity contribution < 1.29 is 23.2 Å². The van der Waals surface area contributed by atoms with E-state index in [1.807, 2.05) is 42.5 Å². The van der Waals surface area contributed by atoms with E-state index < -0.39 is 7.82 Å². The van der Waals surface area contributed by atoms with E-state index in [-0.39, 0.29) is 19.8 Å². The van der Waals surface area contributed by atoms with Crippen LogP contribution >= 0.6 is 7.82 Å². The first-order chi connectivity index (χ1) is 15.1. The fourth-order valence-corrected chi connectivity index (χ4v) is 4.35. The summed E-state index contributed by atoms with van der Waals surface area (Å²) >= 11 is 0. The number of hydrogen-bond donors (Lipinski definition) is 1. The Morgan fingerprint density at radius 1 is 0.710 bits per heavy atom. The van der Waals surface area contributed by atoms with Crippen molar-refractivity contribution in [2.45, 2.75) is 77.6 Å². The summed E-state index contributed by atoms with van der Waals surface area (Å²) in [6, 6.07) is 13.8. The van der Waals surface area contributed by atoms with Crippen LogP contribution in [0.5, 0.6) is 5.75 Å². The molecule has 0 aliphatic heterocycles. The SMILES string of the molecule is CCCCCCCCCCCCCOP(=O)(O)OCCOc1cccc2ccccc12. The lowest BCUT2D eigenvalue weighted by Gasteiger charge is -2.13. The zero-order chi connectivity index (χ0) is 22.2. The summed E-state index contributed by atoms with van der Waals surface area (Å²) in [5.74, 6) is 0.733. The first-order valence-electron chi connectivity index (χ1n) is 11.8. The van der Waals surface area contributed by atoms with E-state index in [1.165, 1.54) is 51.4 Å². The topological polar surface area (TPSA) is 65.0 Å². The van der Waals surface area contributed by atoms with Gasteiger partial charge >= 0.3 is 7.82 Å². The monoisotopic (exact) mass is 450 g/mol. The summed E-state index contributed by atoms with van der Waals surface area (Å²) in [4.78, 5) is 9.80. The molecule has 0 saturated heterocycles. The minimum atomic E-state index is -4.02. The standard InChI is InChI=1S/C25H39O5P/c1-2-3-4-5-6-7-8-9-10-11-14-20-29-31(26,27)30-22-21-28-25-19-15-17-23-16-12-13-18-24(23)25/h12-13,15-19H,2-11,14,20-22H2,1H3,(H,26,27). The summed E-state index contributed by atoms with van der Waals surface area (Å²) in [5, 5.41) is 2.09. The highest BCUT2D eigenvalue weighted by atomic mass is 31.2. The van der Waals surface area contributed by atoms with E-state index in [2.05, 4.69) is 6.92 Å². The second-order valence-corrected chi connectivity index (χ2v) is 9.45. The van der Waals surface area contributed by atoms with Crippen LogP contribution in [0, 0.1) is 0 Å². The second kappa shape index (κ2) is 15.4. The first kappa shape index (κ1) is 25.9. The maximum atomic E-state index is 12.0. The molecule has 2 aromatic carbocycles. The molecule has 0 spiro atoms. The molecule has 2 aromatic rings. The third-order valence-corrected chi connectivity index (χ3v) is 6.37. The largest absolute Gasteiger partial charge is 0.491 e. The van der Waals surface area contributed by atoms with Gasteiger partial charge in [-0.05, 0) is 17.9 Å². The Labute approximate surface area is 187 Å². The van der Waals surface area contributed by atoms with Gasteiger partial charge in [0.05, 0.1) is 13.2 Å². The van der Waals surface area contributed by atoms with Gasteiger partial charge in [-0.15, -0.1) is 0 Å². The summed E-state index contributed by atoms with van der Waals surface area (Å²) in [6.45, 7) is 2.66. The van der Waals surface area contributed by atoms with Crippen LogP contribution in [0.3, 0.4) is 0 Å². The Hall–Kier alpha value is -1.39. The molecule has 0 aliphatic rings. The molecule has 0 aromatic heterocycles. The number of phosphoric ester groups is 1. The summed E-state index contributed by atoms with van der Waals surface area (Å²) in [6.07, 6.45) is 13.5. The predicted molar refractivity (Wildman–Crippen MR) is 128 cm³/mol. The molecule has 174 valence electrons. The van der Waals surface area contributed by atoms with Crippen LogP contribution in [0.1, 0.15) is 77.6 Å². The maximum absolute atomic E-state index is 12.0. The third-order valence-electron chi connectivity index (χ3n) is 5.35. The number of ether oxygens (including phenoxy) is 1. The van der Waals surface area contributed by atoms with Crippen LogP contribution < -0.4 is 4.74 Å². The number of phosphoric acid groups is 1. The van der Waals surface area contributed by atoms with E-state index >= 15 is 0 Å². The Balaban J connectivity index is 1.48. The zero-order valence-electron chi connectivity index (χ0n) is 19.0. The normalized spacial score (nSPS) is 13.4. The highest BCUT2D eigenvalue weighted by molar-refractivity contribution is 7.47. The van der Waals surface area contributed by atoms with Gasteiger partial charge in [0.2, 0.25) is 0 Å². The van der Waals surface area contributed by atoms with E-state index in [1.54, 1.807) is 0 Å². The van der Waals surface area contributed by atoms with E-state index in [0.717, 1.165) is 35.8 Å². The van der Waals surface area contributed by atoms with E-state index in [9.17, 15) is 9.46 Å². The number of unbranched alkanes of at least 4 members (excludes halogenated alkanes) is 10. The van der Waals surface area contributed by atoms with Crippen molar-refractivity contribution in [1.82, 2.24) is 0 Å². The molecule has 2 rings (SSSR count). The molecule has 31 heavy (non-hydrogen) atoms. The van der Waals surface area contributed by atoms with Crippen molar-refractivity contribution in [3.05, 3.63) is 42.5 Å². The molecule has 1 N–H and O–H groups in total. The van der Waals surface area contributed by atoms with Gasteiger partial charge in [0.15, 0.2) is 0 Å². The van der Waals surface area contributed by atoms with Crippen molar-refractivity contribution in [1.29, 1.82) is 0 Å². The van der Waals surface area contributed by atoms with Crippen molar-refractivity contribution in [3.8, 4) is 5.75 Å². The van der Waals surface area contributed by atoms with E-state index in [0.29, 0.717) is 0 Å². The highest BCUT2D eigenvalue weighted by Crippen LogP contribution is 2.43. The smallest absolute Gasteiger partial charge is 0.472 e. The Bertz CT molecular complexity index is 774. The van der Waals surface area contributed by atoms with Crippen LogP contribution in [-0.2, 0) is 13.6 Å². The Morgan fingerprint density at radius 3 is 2.00 bits per heavy atom. The zero-order valence-corrected chi connectivity index (χ0v) is 19.9. The third kappa shape index (κ3) is 11.2. The fourth-order valence-electron chi connectivity index (χ4n) is 3.61. The number of hydrogen-bond acceptors (Lipinski definition) is 4. The van der Waals surface area contributed by atoms with Gasteiger partial charge in [-0.1, -0.05) is 108 Å². The van der Waals surface area contributed by atoms with Crippen LogP contribution in [0.15, 0.2) is 42.5 Å². The molecule has 0 fully saturated rings. The predicted octanol–water partition coefficient (Wildman–Crippen LogP) is 7.66. The molecule has 5 nitrogen and oxygen atoms in total. The fraction of sp³-hybridized carbons (Fsp3) is 0.600. The lowest BCUT2D eigenvalue weighted by molar-refractivity contribution is 0.128. The van der Waals surface area contributed by atoms with Gasteiger partial charge in [-0.25, -0.2) is 4.57 Å². The summed E-state index contributed by atoms with van der Waals surface area (Å²) in [5.41, 5.74) is 0. The quantitative estimate of drug-likeness (QED) is 0.186. The Kier molecular flexibility index (Phi) is 12.9. The molecule has 0 heterocycles. The number of rotatable bonds is 18. The van der Waals surface area contributed by atoms with Crippen LogP contribution in [0.4, 0.5) is 0 Å². The molecule has 0 amide bonds. The van der Waals surface area contributed by atoms with Crippen molar-refractivity contribution in [3.63, 3.8) is 0 Å². The minimum Gasteiger partial charge on any atom is -0.491 e. The molecule has 1 atom stereocenters. The summed E-state index contributed by atoms with van der Waals surface area (Å²) < 4.78 is 27.8. The molecule has 0 bridgehead atoms. The van der Waals surface area contributed by atoms with Gasteiger partial charge in [0, 0.05) is 5.39 Å². The molecule has 1 unspecified atom stereocenters. The average molecular weight is 451 g/mol. The van der Waals surface area contributed by atoms with E-state index in [4.69, 9.17) is 13.8 Å². The molecule has 0 saturated carbocycles. The van der Waals surface area contributed by atoms with Gasteiger partial charge in [-0.3, -0.25) is 9.05 Å². The van der Waals surface area contributed by atoms with Gasteiger partial charge < -0.3 is 9.63 Å². The lowest BCUT2D eigenvalue weighted by Crippen LogP contribution is -2.07. The Morgan fingerprint density at radius 2 is 1.29 bits per heavy atom. The van der Waals surface area contributed by atoms with Crippen LogP contribution in [-0.4, -0.2) is 24.7 Å². The molecular weight excluding hydrogens is 411 g/mol. The number of fused-ring (bicyclic) bond motifs is 1. The van der Waals surface area contributed by atoms with Crippen molar-refractivity contribution >= 4 is 18.6 Å². The van der Waals surface area contributed by atoms with Gasteiger partial charge in [-0.2, -0.15) is 0 Å². The second-order valence-electron chi connectivity index (χ2n) is 8.00. The van der Waals surface area contributed by atoms with Gasteiger partial charge in [0.1, 0.15) is 12.4 Å². The molecule has 6 heteroatoms. The average Bonchev–Trinajstić information content (AvgIpc) is 2.77. The molecular formula is C25H39O5P. The lowest BCUT2D eigenvalue weighted by atomic mass is 10.1. The van der Waals surface area contributed by atoms with Crippen LogP contribution in [0.2, 0.25) is 0 Å². The van der Waals surface area contributed by atoms with Gasteiger partial charge in [0.25, 0.3) is 0 Å². The minimum absolute atomic E-state index is 0.00471. The highest BCUT2D eigenvalue weighted by Gasteiger charge is 2.20. The van der Waals surface area contributed by atoms with Crippen molar-refractivity contribution in [2.24, 2.45) is 0 Å². The van der Waals surface area contributed by atoms with Crippen LogP contribution in [0.25, 0.3) is 10.8 Å². The first-order valence-corrected chi connectivity index (χ1v) is 13.3. The maximum Gasteiger partial charge on any atom is 0.472 e. The van der Waals surface area contributed by atoms with Crippen molar-refractivity contribution in [2.75, 3.05) is 19.8 Å². The number of benzene rings is 2.